The molecule has 4 heterocycles. The molecule has 4 rings (SSSR count). The molecule has 2 aliphatic rings. The summed E-state index contributed by atoms with van der Waals surface area (Å²) >= 11 is 0. The Hall–Kier alpha value is -2.94. The number of fused-ring (bicyclic) bond motifs is 2. The fraction of sp³-hybridized carbons (Fsp3) is 0.545. The molecular formula is C22H30N6O3. The molecule has 1 fully saturated rings. The van der Waals surface area contributed by atoms with Gasteiger partial charge in [-0.2, -0.15) is 0 Å². The van der Waals surface area contributed by atoms with E-state index in [1.165, 1.54) is 0 Å². The summed E-state index contributed by atoms with van der Waals surface area (Å²) in [5.41, 5.74) is 0.476. The molecule has 166 valence electrons. The summed E-state index contributed by atoms with van der Waals surface area (Å²) in [4.78, 5) is 35.6. The SMILES string of the molecule is CC(C)NC(=O)N1CCC2(CC1)OC(C(=O)NCCc1ccncc1)Cn1ccnc12. The molecule has 9 heteroatoms. The first-order valence-electron chi connectivity index (χ1n) is 10.9. The summed E-state index contributed by atoms with van der Waals surface area (Å²) in [7, 11) is 0. The molecular weight excluding hydrogens is 396 g/mol. The standard InChI is InChI=1S/C22H30N6O3/c1-16(2)26-21(30)27-12-6-22(7-13-27)20-25-11-14-28(20)15-18(31-22)19(29)24-10-5-17-3-8-23-9-4-17/h3-4,8-9,11,14,16,18H,5-7,10,12-13,15H2,1-2H3,(H,24,29)(H,26,30). The average molecular weight is 427 g/mol. The number of rotatable bonds is 5. The van der Waals surface area contributed by atoms with Gasteiger partial charge in [0.2, 0.25) is 0 Å². The largest absolute Gasteiger partial charge is 0.353 e. The Morgan fingerprint density at radius 2 is 1.97 bits per heavy atom. The maximum absolute atomic E-state index is 12.9. The van der Waals surface area contributed by atoms with Crippen molar-refractivity contribution in [2.45, 2.75) is 57.4 Å². The van der Waals surface area contributed by atoms with Crippen molar-refractivity contribution in [2.75, 3.05) is 19.6 Å². The van der Waals surface area contributed by atoms with Gasteiger partial charge in [0.25, 0.3) is 5.91 Å². The molecule has 9 nitrogen and oxygen atoms in total. The summed E-state index contributed by atoms with van der Waals surface area (Å²) in [5, 5.41) is 5.94. The van der Waals surface area contributed by atoms with Gasteiger partial charge < -0.3 is 24.8 Å². The van der Waals surface area contributed by atoms with Gasteiger partial charge in [-0.15, -0.1) is 0 Å². The zero-order chi connectivity index (χ0) is 21.8. The van der Waals surface area contributed by atoms with Crippen LogP contribution < -0.4 is 10.6 Å². The van der Waals surface area contributed by atoms with Crippen molar-refractivity contribution in [1.29, 1.82) is 0 Å². The molecule has 2 aromatic rings. The van der Waals surface area contributed by atoms with Crippen LogP contribution in [0.1, 0.15) is 38.1 Å². The molecule has 1 atom stereocenters. The number of piperidine rings is 1. The van der Waals surface area contributed by atoms with Crippen molar-refractivity contribution in [2.24, 2.45) is 0 Å². The molecule has 0 saturated carbocycles. The number of nitrogens with one attached hydrogen (secondary N) is 2. The number of hydrogen-bond donors (Lipinski definition) is 2. The molecule has 2 aromatic heterocycles. The van der Waals surface area contributed by atoms with Crippen LogP contribution in [0.25, 0.3) is 0 Å². The van der Waals surface area contributed by atoms with E-state index < -0.39 is 11.7 Å². The first-order valence-corrected chi connectivity index (χ1v) is 10.9. The second-order valence-corrected chi connectivity index (χ2v) is 8.49. The highest BCUT2D eigenvalue weighted by atomic mass is 16.5. The number of carbonyl (C=O) groups excluding carboxylic acids is 2. The van der Waals surface area contributed by atoms with Crippen LogP contribution >= 0.6 is 0 Å². The fourth-order valence-electron chi connectivity index (χ4n) is 4.28. The van der Waals surface area contributed by atoms with Crippen LogP contribution in [0.4, 0.5) is 4.79 Å². The van der Waals surface area contributed by atoms with Gasteiger partial charge in [-0.25, -0.2) is 9.78 Å². The number of carbonyl (C=O) groups is 2. The number of imidazole rings is 1. The maximum atomic E-state index is 12.9. The lowest BCUT2D eigenvalue weighted by atomic mass is 9.88. The summed E-state index contributed by atoms with van der Waals surface area (Å²) in [6, 6.07) is 3.92. The van der Waals surface area contributed by atoms with Crippen molar-refractivity contribution < 1.29 is 14.3 Å². The summed E-state index contributed by atoms with van der Waals surface area (Å²) in [6.07, 6.45) is 8.51. The van der Waals surface area contributed by atoms with Crippen LogP contribution in [-0.4, -0.2) is 63.2 Å². The van der Waals surface area contributed by atoms with Crippen LogP contribution in [0.5, 0.6) is 0 Å². The van der Waals surface area contributed by atoms with Gasteiger partial charge in [0, 0.05) is 63.3 Å². The predicted octanol–water partition coefficient (Wildman–Crippen LogP) is 1.44. The van der Waals surface area contributed by atoms with E-state index in [1.807, 2.05) is 36.7 Å². The lowest BCUT2D eigenvalue weighted by Gasteiger charge is -2.45. The predicted molar refractivity (Wildman–Crippen MR) is 114 cm³/mol. The van der Waals surface area contributed by atoms with E-state index in [9.17, 15) is 9.59 Å². The van der Waals surface area contributed by atoms with Crippen LogP contribution in [0.15, 0.2) is 36.9 Å². The number of urea groups is 1. The third-order valence-electron chi connectivity index (χ3n) is 5.88. The van der Waals surface area contributed by atoms with Crippen LogP contribution in [0.2, 0.25) is 0 Å². The van der Waals surface area contributed by atoms with Gasteiger partial charge >= 0.3 is 6.03 Å². The number of nitrogens with zero attached hydrogens (tertiary/aromatic N) is 4. The number of ether oxygens (including phenoxy) is 1. The Bertz CT molecular complexity index is 905. The molecule has 3 amide bonds. The van der Waals surface area contributed by atoms with Crippen molar-refractivity contribution in [1.82, 2.24) is 30.1 Å². The highest BCUT2D eigenvalue weighted by Gasteiger charge is 2.47. The van der Waals surface area contributed by atoms with Gasteiger partial charge in [0.15, 0.2) is 6.10 Å². The molecule has 0 radical (unpaired) electrons. The maximum Gasteiger partial charge on any atom is 0.317 e. The van der Waals surface area contributed by atoms with Crippen LogP contribution in [0.3, 0.4) is 0 Å². The minimum atomic E-state index is -0.649. The fourth-order valence-corrected chi connectivity index (χ4v) is 4.28. The number of likely N-dealkylation sites (tertiary alicyclic amines) is 1. The number of aromatic nitrogens is 3. The minimum absolute atomic E-state index is 0.0607. The van der Waals surface area contributed by atoms with Crippen LogP contribution in [0, 0.1) is 0 Å². The van der Waals surface area contributed by atoms with Crippen LogP contribution in [-0.2, 0) is 28.1 Å². The van der Waals surface area contributed by atoms with Gasteiger partial charge in [-0.1, -0.05) is 0 Å². The molecule has 2 aliphatic heterocycles. The minimum Gasteiger partial charge on any atom is -0.353 e. The highest BCUT2D eigenvalue weighted by molar-refractivity contribution is 5.81. The van der Waals surface area contributed by atoms with E-state index in [4.69, 9.17) is 4.74 Å². The molecule has 1 unspecified atom stereocenters. The summed E-state index contributed by atoms with van der Waals surface area (Å²) < 4.78 is 8.42. The zero-order valence-electron chi connectivity index (χ0n) is 18.1. The van der Waals surface area contributed by atoms with E-state index >= 15 is 0 Å². The molecule has 0 aliphatic carbocycles. The smallest absolute Gasteiger partial charge is 0.317 e. The van der Waals surface area contributed by atoms with E-state index in [2.05, 4.69) is 20.6 Å². The number of pyridine rings is 1. The molecule has 2 N–H and O–H groups in total. The van der Waals surface area contributed by atoms with Gasteiger partial charge in [0.05, 0.1) is 6.54 Å². The second-order valence-electron chi connectivity index (χ2n) is 8.49. The third kappa shape index (κ3) is 4.71. The molecule has 0 bridgehead atoms. The number of hydrogen-bond acceptors (Lipinski definition) is 5. The lowest BCUT2D eigenvalue weighted by molar-refractivity contribution is -0.171. The highest BCUT2D eigenvalue weighted by Crippen LogP contribution is 2.40. The zero-order valence-corrected chi connectivity index (χ0v) is 18.1. The van der Waals surface area contributed by atoms with E-state index in [0.29, 0.717) is 39.0 Å². The monoisotopic (exact) mass is 426 g/mol. The normalized spacial score (nSPS) is 19.8. The Kier molecular flexibility index (Phi) is 6.22. The topological polar surface area (TPSA) is 101 Å². The van der Waals surface area contributed by atoms with Gasteiger partial charge in [-0.3, -0.25) is 9.78 Å². The molecule has 31 heavy (non-hydrogen) atoms. The summed E-state index contributed by atoms with van der Waals surface area (Å²) in [6.45, 7) is 5.99. The van der Waals surface area contributed by atoms with E-state index in [1.54, 1.807) is 23.5 Å². The Morgan fingerprint density at radius 3 is 2.68 bits per heavy atom. The molecule has 1 saturated heterocycles. The molecule has 0 aromatic carbocycles. The van der Waals surface area contributed by atoms with Gasteiger partial charge in [0.1, 0.15) is 11.4 Å². The quantitative estimate of drug-likeness (QED) is 0.754. The average Bonchev–Trinajstić information content (AvgIpc) is 3.24. The first-order chi connectivity index (χ1) is 15.0. The molecule has 1 spiro atoms. The van der Waals surface area contributed by atoms with Crippen molar-refractivity contribution in [3.05, 3.63) is 48.3 Å². The third-order valence-corrected chi connectivity index (χ3v) is 5.88. The van der Waals surface area contributed by atoms with Crippen molar-refractivity contribution in [3.8, 4) is 0 Å². The van der Waals surface area contributed by atoms with E-state index in [-0.39, 0.29) is 18.0 Å². The Morgan fingerprint density at radius 1 is 1.23 bits per heavy atom. The number of amides is 3. The lowest BCUT2D eigenvalue weighted by Crippen LogP contribution is -2.56. The van der Waals surface area contributed by atoms with E-state index in [0.717, 1.165) is 17.8 Å². The van der Waals surface area contributed by atoms with Crippen molar-refractivity contribution in [3.63, 3.8) is 0 Å². The second kappa shape index (κ2) is 9.05. The Balaban J connectivity index is 1.39. The summed E-state index contributed by atoms with van der Waals surface area (Å²) in [5.74, 6) is 0.727. The van der Waals surface area contributed by atoms with Gasteiger partial charge in [-0.05, 0) is 38.0 Å². The first kappa shape index (κ1) is 21.3. The Labute approximate surface area is 182 Å². The van der Waals surface area contributed by atoms with Crippen molar-refractivity contribution >= 4 is 11.9 Å².